The number of carbonyl (C=O) groups excluding carboxylic acids is 2. The lowest BCUT2D eigenvalue weighted by molar-refractivity contribution is -0.118. The Morgan fingerprint density at radius 2 is 2.12 bits per heavy atom. The Kier molecular flexibility index (Phi) is 4.75. The lowest BCUT2D eigenvalue weighted by atomic mass is 10.2. The van der Waals surface area contributed by atoms with Gasteiger partial charge in [0.15, 0.2) is 5.76 Å². The Morgan fingerprint density at radius 3 is 2.73 bits per heavy atom. The van der Waals surface area contributed by atoms with Crippen LogP contribution >= 0.6 is 0 Å². The fourth-order valence-corrected chi connectivity index (χ4v) is 2.94. The van der Waals surface area contributed by atoms with Gasteiger partial charge < -0.3 is 19.7 Å². The van der Waals surface area contributed by atoms with Crippen LogP contribution in [0.5, 0.6) is 0 Å². The quantitative estimate of drug-likeness (QED) is 0.852. The van der Waals surface area contributed by atoms with E-state index in [4.69, 9.17) is 9.52 Å². The summed E-state index contributed by atoms with van der Waals surface area (Å²) in [6.45, 7) is 1.98. The number of aromatic carboxylic acids is 1. The monoisotopic (exact) mass is 360 g/mol. The second-order valence-electron chi connectivity index (χ2n) is 5.86. The van der Waals surface area contributed by atoms with Gasteiger partial charge in [0.1, 0.15) is 23.2 Å². The standard InChI is InChI=1S/C18H17FN2O5/c1-2-14-10(18(24)25)9-15(26-14)16(22)20-12-7-8-21(17(12)23)13-6-4-3-5-11(13)19/h3-6,9,12H,2,7-8H2,1H3,(H,20,22)(H,24,25). The lowest BCUT2D eigenvalue weighted by Gasteiger charge is -2.17. The van der Waals surface area contributed by atoms with Crippen molar-refractivity contribution in [3.05, 3.63) is 53.2 Å². The number of hydrogen-bond donors (Lipinski definition) is 2. The normalized spacial score (nSPS) is 16.8. The fraction of sp³-hybridized carbons (Fsp3) is 0.278. The number of anilines is 1. The molecule has 0 bridgehead atoms. The molecular formula is C18H17FN2O5. The van der Waals surface area contributed by atoms with E-state index in [0.717, 1.165) is 6.07 Å². The summed E-state index contributed by atoms with van der Waals surface area (Å²) in [7, 11) is 0. The zero-order chi connectivity index (χ0) is 18.8. The van der Waals surface area contributed by atoms with Crippen molar-refractivity contribution in [2.24, 2.45) is 0 Å². The minimum Gasteiger partial charge on any atom is -0.478 e. The second kappa shape index (κ2) is 6.99. The van der Waals surface area contributed by atoms with Crippen LogP contribution < -0.4 is 10.2 Å². The molecule has 2 aromatic rings. The smallest absolute Gasteiger partial charge is 0.339 e. The largest absolute Gasteiger partial charge is 0.478 e. The van der Waals surface area contributed by atoms with E-state index in [2.05, 4.69) is 5.32 Å². The highest BCUT2D eigenvalue weighted by molar-refractivity contribution is 6.04. The topological polar surface area (TPSA) is 99.9 Å². The van der Waals surface area contributed by atoms with E-state index in [1.165, 1.54) is 23.1 Å². The maximum atomic E-state index is 13.9. The number of carboxylic acid groups (broad SMARTS) is 1. The average molecular weight is 360 g/mol. The highest BCUT2D eigenvalue weighted by Gasteiger charge is 2.35. The Morgan fingerprint density at radius 1 is 1.38 bits per heavy atom. The number of rotatable bonds is 5. The molecule has 0 aliphatic carbocycles. The third-order valence-electron chi connectivity index (χ3n) is 4.24. The molecule has 1 aliphatic rings. The van der Waals surface area contributed by atoms with Gasteiger partial charge in [-0.15, -0.1) is 0 Å². The number of furan rings is 1. The van der Waals surface area contributed by atoms with E-state index in [0.29, 0.717) is 12.8 Å². The molecule has 0 spiro atoms. The van der Waals surface area contributed by atoms with Crippen LogP contribution in [0.2, 0.25) is 0 Å². The molecule has 2 N–H and O–H groups in total. The van der Waals surface area contributed by atoms with Crippen molar-refractivity contribution < 1.29 is 28.3 Å². The summed E-state index contributed by atoms with van der Waals surface area (Å²) in [6.07, 6.45) is 0.629. The number of carboxylic acids is 1. The van der Waals surface area contributed by atoms with E-state index in [9.17, 15) is 18.8 Å². The first-order chi connectivity index (χ1) is 12.4. The van der Waals surface area contributed by atoms with Crippen molar-refractivity contribution in [2.45, 2.75) is 25.8 Å². The van der Waals surface area contributed by atoms with Crippen LogP contribution in [0.1, 0.15) is 40.0 Å². The fourth-order valence-electron chi connectivity index (χ4n) is 2.94. The van der Waals surface area contributed by atoms with Crippen LogP contribution in [0.3, 0.4) is 0 Å². The van der Waals surface area contributed by atoms with Gasteiger partial charge in [-0.25, -0.2) is 9.18 Å². The Labute approximate surface area is 148 Å². The Hall–Kier alpha value is -3.16. The summed E-state index contributed by atoms with van der Waals surface area (Å²) in [6, 6.07) is 6.23. The molecule has 1 aliphatic heterocycles. The molecule has 3 rings (SSSR count). The maximum Gasteiger partial charge on any atom is 0.339 e. The third kappa shape index (κ3) is 3.17. The number of para-hydroxylation sites is 1. The van der Waals surface area contributed by atoms with Crippen LogP contribution in [-0.2, 0) is 11.2 Å². The maximum absolute atomic E-state index is 13.9. The van der Waals surface area contributed by atoms with Gasteiger partial charge in [0, 0.05) is 19.0 Å². The van der Waals surface area contributed by atoms with Gasteiger partial charge >= 0.3 is 5.97 Å². The van der Waals surface area contributed by atoms with Crippen LogP contribution in [0, 0.1) is 5.82 Å². The lowest BCUT2D eigenvalue weighted by Crippen LogP contribution is -2.41. The summed E-state index contributed by atoms with van der Waals surface area (Å²) < 4.78 is 19.2. The molecule has 0 saturated carbocycles. The van der Waals surface area contributed by atoms with Crippen LogP contribution in [0.15, 0.2) is 34.7 Å². The molecule has 1 atom stereocenters. The number of hydrogen-bond acceptors (Lipinski definition) is 4. The highest BCUT2D eigenvalue weighted by Crippen LogP contribution is 2.25. The summed E-state index contributed by atoms with van der Waals surface area (Å²) in [4.78, 5) is 37.2. The average Bonchev–Trinajstić information content (AvgIpc) is 3.20. The first-order valence-electron chi connectivity index (χ1n) is 8.15. The zero-order valence-corrected chi connectivity index (χ0v) is 14.0. The van der Waals surface area contributed by atoms with Crippen LogP contribution in [0.25, 0.3) is 0 Å². The zero-order valence-electron chi connectivity index (χ0n) is 14.0. The molecule has 26 heavy (non-hydrogen) atoms. The molecule has 1 fully saturated rings. The molecular weight excluding hydrogens is 343 g/mol. The third-order valence-corrected chi connectivity index (χ3v) is 4.24. The number of benzene rings is 1. The molecule has 0 radical (unpaired) electrons. The molecule has 1 unspecified atom stereocenters. The van der Waals surface area contributed by atoms with Gasteiger partial charge in [-0.05, 0) is 18.6 Å². The molecule has 1 saturated heterocycles. The minimum absolute atomic E-state index is 0.0802. The minimum atomic E-state index is -1.19. The van der Waals surface area contributed by atoms with E-state index >= 15 is 0 Å². The molecule has 7 nitrogen and oxygen atoms in total. The van der Waals surface area contributed by atoms with Gasteiger partial charge in [-0.3, -0.25) is 9.59 Å². The highest BCUT2D eigenvalue weighted by atomic mass is 19.1. The van der Waals surface area contributed by atoms with Gasteiger partial charge in [-0.1, -0.05) is 19.1 Å². The SMILES string of the molecule is CCc1oc(C(=O)NC2CCN(c3ccccc3F)C2=O)cc1C(=O)O. The predicted octanol–water partition coefficient (Wildman–Crippen LogP) is 2.21. The molecule has 2 heterocycles. The first-order valence-corrected chi connectivity index (χ1v) is 8.15. The number of nitrogens with one attached hydrogen (secondary N) is 1. The summed E-state index contributed by atoms with van der Waals surface area (Å²) in [5, 5.41) is 11.6. The molecule has 8 heteroatoms. The number of carbonyl (C=O) groups is 3. The summed E-state index contributed by atoms with van der Waals surface area (Å²) in [5.41, 5.74) is 0.0806. The van der Waals surface area contributed by atoms with Crippen LogP contribution in [0.4, 0.5) is 10.1 Å². The van der Waals surface area contributed by atoms with Gasteiger partial charge in [-0.2, -0.15) is 0 Å². The van der Waals surface area contributed by atoms with Gasteiger partial charge in [0.05, 0.1) is 5.69 Å². The molecule has 2 amide bonds. The van der Waals surface area contributed by atoms with Gasteiger partial charge in [0.2, 0.25) is 5.91 Å². The summed E-state index contributed by atoms with van der Waals surface area (Å²) >= 11 is 0. The first kappa shape index (κ1) is 17.7. The number of nitrogens with zero attached hydrogens (tertiary/aromatic N) is 1. The van der Waals surface area contributed by atoms with Crippen molar-refractivity contribution in [1.82, 2.24) is 5.32 Å². The van der Waals surface area contributed by atoms with E-state index in [-0.39, 0.29) is 29.3 Å². The van der Waals surface area contributed by atoms with E-state index < -0.39 is 29.6 Å². The summed E-state index contributed by atoms with van der Waals surface area (Å²) in [5.74, 6) is -2.79. The predicted molar refractivity (Wildman–Crippen MR) is 89.7 cm³/mol. The second-order valence-corrected chi connectivity index (χ2v) is 5.86. The van der Waals surface area contributed by atoms with Crippen molar-refractivity contribution in [3.63, 3.8) is 0 Å². The number of halogens is 1. The van der Waals surface area contributed by atoms with Crippen molar-refractivity contribution in [2.75, 3.05) is 11.4 Å². The van der Waals surface area contributed by atoms with Crippen LogP contribution in [-0.4, -0.2) is 35.5 Å². The number of amides is 2. The van der Waals surface area contributed by atoms with Crippen molar-refractivity contribution in [1.29, 1.82) is 0 Å². The van der Waals surface area contributed by atoms with E-state index in [1.54, 1.807) is 13.0 Å². The van der Waals surface area contributed by atoms with E-state index in [1.807, 2.05) is 0 Å². The van der Waals surface area contributed by atoms with Gasteiger partial charge in [0.25, 0.3) is 5.91 Å². The van der Waals surface area contributed by atoms with Crippen molar-refractivity contribution >= 4 is 23.5 Å². The molecule has 1 aromatic carbocycles. The molecule has 1 aromatic heterocycles. The van der Waals surface area contributed by atoms with Crippen molar-refractivity contribution in [3.8, 4) is 0 Å². The Balaban J connectivity index is 1.74. The molecule has 136 valence electrons. The number of aryl methyl sites for hydroxylation is 1. The Bertz CT molecular complexity index is 876.